The van der Waals surface area contributed by atoms with Crippen LogP contribution in [0.15, 0.2) is 54.4 Å². The molecule has 0 amide bonds. The SMILES string of the molecule is Cc1ccc(C(C2=CCCN2)c2ccc[nH]2)cc1. The summed E-state index contributed by atoms with van der Waals surface area (Å²) in [6, 6.07) is 13.0. The van der Waals surface area contributed by atoms with E-state index in [4.69, 9.17) is 0 Å². The summed E-state index contributed by atoms with van der Waals surface area (Å²) in [5.74, 6) is 0.308. The number of aryl methyl sites for hydroxylation is 1. The Hall–Kier alpha value is -1.96. The maximum Gasteiger partial charge on any atom is 0.0634 e. The third-order valence-corrected chi connectivity index (χ3v) is 3.49. The second-order valence-corrected chi connectivity index (χ2v) is 4.84. The fourth-order valence-electron chi connectivity index (χ4n) is 2.55. The van der Waals surface area contributed by atoms with E-state index in [2.05, 4.69) is 59.7 Å². The zero-order chi connectivity index (χ0) is 12.4. The minimum Gasteiger partial charge on any atom is -0.387 e. The van der Waals surface area contributed by atoms with Gasteiger partial charge in [-0.15, -0.1) is 0 Å². The van der Waals surface area contributed by atoms with E-state index in [0.717, 1.165) is 13.0 Å². The van der Waals surface area contributed by atoms with Crippen LogP contribution in [-0.2, 0) is 0 Å². The molecule has 1 aliphatic rings. The van der Waals surface area contributed by atoms with Gasteiger partial charge in [-0.3, -0.25) is 0 Å². The van der Waals surface area contributed by atoms with Gasteiger partial charge in [0.25, 0.3) is 0 Å². The number of nitrogens with one attached hydrogen (secondary N) is 2. The lowest BCUT2D eigenvalue weighted by Crippen LogP contribution is -2.16. The van der Waals surface area contributed by atoms with E-state index in [1.807, 2.05) is 6.20 Å². The molecule has 1 unspecified atom stereocenters. The van der Waals surface area contributed by atoms with Crippen molar-refractivity contribution in [3.05, 3.63) is 71.2 Å². The van der Waals surface area contributed by atoms with Crippen LogP contribution in [0.1, 0.15) is 29.2 Å². The van der Waals surface area contributed by atoms with Crippen LogP contribution in [-0.4, -0.2) is 11.5 Å². The zero-order valence-corrected chi connectivity index (χ0v) is 10.6. The standard InChI is InChI=1S/C16H18N2/c1-12-6-8-13(9-7-12)16(14-4-2-10-17-14)15-5-3-11-18-15/h2,4-10,16-18H,3,11H2,1H3. The van der Waals surface area contributed by atoms with Crippen LogP contribution in [0.25, 0.3) is 0 Å². The Kier molecular flexibility index (Phi) is 2.93. The first-order valence-corrected chi connectivity index (χ1v) is 6.48. The van der Waals surface area contributed by atoms with E-state index in [0.29, 0.717) is 5.92 Å². The number of hydrogen-bond acceptors (Lipinski definition) is 1. The molecule has 0 aliphatic carbocycles. The van der Waals surface area contributed by atoms with Crippen LogP contribution in [0, 0.1) is 6.92 Å². The normalized spacial score (nSPS) is 16.2. The van der Waals surface area contributed by atoms with Gasteiger partial charge in [0.2, 0.25) is 0 Å². The summed E-state index contributed by atoms with van der Waals surface area (Å²) < 4.78 is 0. The van der Waals surface area contributed by atoms with E-state index in [1.165, 1.54) is 22.5 Å². The Morgan fingerprint density at radius 1 is 1.11 bits per heavy atom. The minimum atomic E-state index is 0.308. The Balaban J connectivity index is 2.02. The molecule has 0 saturated heterocycles. The van der Waals surface area contributed by atoms with E-state index in [-0.39, 0.29) is 0 Å². The van der Waals surface area contributed by atoms with Crippen molar-refractivity contribution in [1.82, 2.24) is 10.3 Å². The predicted molar refractivity (Wildman–Crippen MR) is 74.5 cm³/mol. The number of benzene rings is 1. The third-order valence-electron chi connectivity index (χ3n) is 3.49. The van der Waals surface area contributed by atoms with Crippen molar-refractivity contribution in [3.8, 4) is 0 Å². The van der Waals surface area contributed by atoms with E-state index in [1.54, 1.807) is 0 Å². The lowest BCUT2D eigenvalue weighted by atomic mass is 9.92. The van der Waals surface area contributed by atoms with Crippen molar-refractivity contribution >= 4 is 0 Å². The van der Waals surface area contributed by atoms with Crippen molar-refractivity contribution in [3.63, 3.8) is 0 Å². The molecule has 2 heteroatoms. The van der Waals surface area contributed by atoms with Gasteiger partial charge in [-0.2, -0.15) is 0 Å². The first kappa shape index (κ1) is 11.1. The van der Waals surface area contributed by atoms with Crippen molar-refractivity contribution in [2.45, 2.75) is 19.3 Å². The van der Waals surface area contributed by atoms with Gasteiger partial charge in [-0.05, 0) is 31.0 Å². The second kappa shape index (κ2) is 4.73. The van der Waals surface area contributed by atoms with Crippen LogP contribution < -0.4 is 5.32 Å². The minimum absolute atomic E-state index is 0.308. The van der Waals surface area contributed by atoms with Crippen molar-refractivity contribution in [2.75, 3.05) is 6.54 Å². The first-order chi connectivity index (χ1) is 8.84. The van der Waals surface area contributed by atoms with Gasteiger partial charge in [0, 0.05) is 24.1 Å². The fraction of sp³-hybridized carbons (Fsp3) is 0.250. The third kappa shape index (κ3) is 2.06. The monoisotopic (exact) mass is 238 g/mol. The lowest BCUT2D eigenvalue weighted by molar-refractivity contribution is 0.782. The Bertz CT molecular complexity index is 535. The van der Waals surface area contributed by atoms with Gasteiger partial charge in [0.15, 0.2) is 0 Å². The smallest absolute Gasteiger partial charge is 0.0634 e. The highest BCUT2D eigenvalue weighted by atomic mass is 14.9. The maximum absolute atomic E-state index is 3.50. The van der Waals surface area contributed by atoms with E-state index < -0.39 is 0 Å². The summed E-state index contributed by atoms with van der Waals surface area (Å²) in [7, 11) is 0. The summed E-state index contributed by atoms with van der Waals surface area (Å²) in [5.41, 5.74) is 5.21. The van der Waals surface area contributed by atoms with Gasteiger partial charge in [-0.25, -0.2) is 0 Å². The fourth-order valence-corrected chi connectivity index (χ4v) is 2.55. The molecular weight excluding hydrogens is 220 g/mol. The molecule has 2 nitrogen and oxygen atoms in total. The molecule has 0 radical (unpaired) electrons. The second-order valence-electron chi connectivity index (χ2n) is 4.84. The Labute approximate surface area is 108 Å². The average Bonchev–Trinajstić information content (AvgIpc) is 3.06. The number of aromatic nitrogens is 1. The predicted octanol–water partition coefficient (Wildman–Crippen LogP) is 3.33. The number of allylic oxidation sites excluding steroid dienone is 1. The van der Waals surface area contributed by atoms with Crippen LogP contribution in [0.3, 0.4) is 0 Å². The van der Waals surface area contributed by atoms with Crippen LogP contribution in [0.5, 0.6) is 0 Å². The van der Waals surface area contributed by atoms with E-state index in [9.17, 15) is 0 Å². The van der Waals surface area contributed by atoms with Gasteiger partial charge in [0.05, 0.1) is 5.92 Å². The Morgan fingerprint density at radius 3 is 2.56 bits per heavy atom. The molecule has 1 aliphatic heterocycles. The summed E-state index contributed by atoms with van der Waals surface area (Å²) in [6.07, 6.45) is 5.43. The molecule has 0 fully saturated rings. The largest absolute Gasteiger partial charge is 0.387 e. The van der Waals surface area contributed by atoms with Crippen molar-refractivity contribution in [1.29, 1.82) is 0 Å². The van der Waals surface area contributed by atoms with Crippen LogP contribution in [0.4, 0.5) is 0 Å². The maximum atomic E-state index is 3.50. The molecule has 1 aromatic carbocycles. The summed E-state index contributed by atoms with van der Waals surface area (Å²) in [4.78, 5) is 3.35. The summed E-state index contributed by atoms with van der Waals surface area (Å²) >= 11 is 0. The molecule has 3 rings (SSSR count). The molecule has 0 bridgehead atoms. The summed E-state index contributed by atoms with van der Waals surface area (Å²) in [5, 5.41) is 3.50. The molecule has 0 saturated carbocycles. The van der Waals surface area contributed by atoms with E-state index >= 15 is 0 Å². The van der Waals surface area contributed by atoms with Gasteiger partial charge in [-0.1, -0.05) is 35.9 Å². The molecule has 2 heterocycles. The summed E-state index contributed by atoms with van der Waals surface area (Å²) in [6.45, 7) is 3.18. The van der Waals surface area contributed by atoms with Gasteiger partial charge >= 0.3 is 0 Å². The van der Waals surface area contributed by atoms with Crippen LogP contribution in [0.2, 0.25) is 0 Å². The molecule has 1 atom stereocenters. The topological polar surface area (TPSA) is 27.8 Å². The zero-order valence-electron chi connectivity index (χ0n) is 10.6. The number of aromatic amines is 1. The van der Waals surface area contributed by atoms with Gasteiger partial charge in [0.1, 0.15) is 0 Å². The highest BCUT2D eigenvalue weighted by Gasteiger charge is 2.21. The number of hydrogen-bond donors (Lipinski definition) is 2. The number of rotatable bonds is 3. The molecule has 92 valence electrons. The van der Waals surface area contributed by atoms with Crippen molar-refractivity contribution in [2.24, 2.45) is 0 Å². The highest BCUT2D eigenvalue weighted by Crippen LogP contribution is 2.31. The average molecular weight is 238 g/mol. The quantitative estimate of drug-likeness (QED) is 0.843. The molecule has 2 aromatic rings. The van der Waals surface area contributed by atoms with Crippen molar-refractivity contribution < 1.29 is 0 Å². The molecule has 0 spiro atoms. The van der Waals surface area contributed by atoms with Crippen LogP contribution >= 0.6 is 0 Å². The number of H-pyrrole nitrogens is 1. The molecule has 1 aromatic heterocycles. The molecule has 18 heavy (non-hydrogen) atoms. The molecular formula is C16H18N2. The first-order valence-electron chi connectivity index (χ1n) is 6.48. The Morgan fingerprint density at radius 2 is 1.94 bits per heavy atom. The highest BCUT2D eigenvalue weighted by molar-refractivity contribution is 5.39. The lowest BCUT2D eigenvalue weighted by Gasteiger charge is -2.19. The van der Waals surface area contributed by atoms with Gasteiger partial charge < -0.3 is 10.3 Å². The molecule has 2 N–H and O–H groups in total.